The van der Waals surface area contributed by atoms with Gasteiger partial charge in [0.2, 0.25) is 0 Å². The molecule has 5 nitrogen and oxygen atoms in total. The zero-order chi connectivity index (χ0) is 14.7. The van der Waals surface area contributed by atoms with Gasteiger partial charge >= 0.3 is 0 Å². The molecule has 0 aliphatic carbocycles. The third-order valence-corrected chi connectivity index (χ3v) is 3.55. The van der Waals surface area contributed by atoms with Crippen molar-refractivity contribution in [1.82, 2.24) is 14.8 Å². The summed E-state index contributed by atoms with van der Waals surface area (Å²) in [4.78, 5) is 4.25. The van der Waals surface area contributed by atoms with E-state index in [1.165, 1.54) is 5.56 Å². The van der Waals surface area contributed by atoms with Crippen LogP contribution in [-0.4, -0.2) is 14.8 Å². The molecule has 0 saturated heterocycles. The molecule has 21 heavy (non-hydrogen) atoms. The maximum Gasteiger partial charge on any atom is 0.144 e. The van der Waals surface area contributed by atoms with Crippen molar-refractivity contribution in [1.29, 1.82) is 0 Å². The quantitative estimate of drug-likeness (QED) is 0.761. The van der Waals surface area contributed by atoms with Crippen LogP contribution in [0.15, 0.2) is 59.5 Å². The van der Waals surface area contributed by atoms with E-state index in [1.54, 1.807) is 12.4 Å². The van der Waals surface area contributed by atoms with Gasteiger partial charge in [0, 0.05) is 6.20 Å². The first-order valence-corrected chi connectivity index (χ1v) is 7.24. The van der Waals surface area contributed by atoms with E-state index in [0.29, 0.717) is 11.5 Å². The fourth-order valence-electron chi connectivity index (χ4n) is 1.97. The number of nitrogen functional groups attached to an aromatic ring is 1. The Morgan fingerprint density at radius 3 is 2.76 bits per heavy atom. The smallest absolute Gasteiger partial charge is 0.144 e. The minimum absolute atomic E-state index is 0.618. The molecule has 0 saturated carbocycles. The van der Waals surface area contributed by atoms with Crippen LogP contribution in [-0.2, 0) is 6.54 Å². The normalized spacial score (nSPS) is 10.5. The molecule has 0 aliphatic heterocycles. The molecule has 2 aromatic heterocycles. The zero-order valence-corrected chi connectivity index (χ0v) is 12.8. The summed E-state index contributed by atoms with van der Waals surface area (Å²) >= 11 is 3.43. The van der Waals surface area contributed by atoms with Crippen LogP contribution in [0.3, 0.4) is 0 Å². The first kappa shape index (κ1) is 13.6. The van der Waals surface area contributed by atoms with Crippen molar-refractivity contribution in [3.63, 3.8) is 0 Å². The molecule has 0 aliphatic rings. The summed E-state index contributed by atoms with van der Waals surface area (Å²) in [5, 5.41) is 7.55. The Labute approximate surface area is 130 Å². The van der Waals surface area contributed by atoms with E-state index in [-0.39, 0.29) is 0 Å². The van der Waals surface area contributed by atoms with E-state index in [2.05, 4.69) is 43.5 Å². The third-order valence-electron chi connectivity index (χ3n) is 2.95. The van der Waals surface area contributed by atoms with Gasteiger partial charge in [0.25, 0.3) is 0 Å². The molecule has 1 aromatic carbocycles. The van der Waals surface area contributed by atoms with Crippen molar-refractivity contribution in [3.05, 3.63) is 65.0 Å². The van der Waals surface area contributed by atoms with Gasteiger partial charge in [-0.3, -0.25) is 4.68 Å². The Morgan fingerprint density at radius 1 is 1.19 bits per heavy atom. The van der Waals surface area contributed by atoms with Gasteiger partial charge in [0.05, 0.1) is 34.8 Å². The van der Waals surface area contributed by atoms with E-state index in [9.17, 15) is 0 Å². The van der Waals surface area contributed by atoms with Crippen LogP contribution in [0.2, 0.25) is 0 Å². The van der Waals surface area contributed by atoms with Gasteiger partial charge in [-0.2, -0.15) is 5.10 Å². The molecule has 106 valence electrons. The fourth-order valence-corrected chi connectivity index (χ4v) is 2.43. The summed E-state index contributed by atoms with van der Waals surface area (Å²) in [7, 11) is 0. The van der Waals surface area contributed by atoms with Gasteiger partial charge in [0.15, 0.2) is 0 Å². The molecule has 3 aromatic rings. The first-order valence-electron chi connectivity index (χ1n) is 6.45. The molecule has 0 atom stereocenters. The molecular formula is C15H14BrN5. The summed E-state index contributed by atoms with van der Waals surface area (Å²) in [6.45, 7) is 0.735. The van der Waals surface area contributed by atoms with E-state index >= 15 is 0 Å². The fraction of sp³-hybridized carbons (Fsp3) is 0.0667. The van der Waals surface area contributed by atoms with Gasteiger partial charge < -0.3 is 11.1 Å². The van der Waals surface area contributed by atoms with Gasteiger partial charge in [-0.1, -0.05) is 30.3 Å². The lowest BCUT2D eigenvalue weighted by molar-refractivity contribution is 0.687. The van der Waals surface area contributed by atoms with Crippen molar-refractivity contribution < 1.29 is 0 Å². The summed E-state index contributed by atoms with van der Waals surface area (Å²) in [5.41, 5.74) is 8.38. The average molecular weight is 344 g/mol. The molecule has 0 fully saturated rings. The van der Waals surface area contributed by atoms with E-state index < -0.39 is 0 Å². The Hall–Kier alpha value is -2.34. The largest absolute Gasteiger partial charge is 0.397 e. The minimum Gasteiger partial charge on any atom is -0.397 e. The number of nitrogens with zero attached hydrogens (tertiary/aromatic N) is 3. The molecule has 0 spiro atoms. The average Bonchev–Trinajstić information content (AvgIpc) is 2.90. The van der Waals surface area contributed by atoms with Crippen molar-refractivity contribution in [2.75, 3.05) is 11.1 Å². The van der Waals surface area contributed by atoms with Gasteiger partial charge in [-0.05, 0) is 27.6 Å². The zero-order valence-electron chi connectivity index (χ0n) is 11.2. The maximum atomic E-state index is 5.67. The molecule has 0 radical (unpaired) electrons. The lowest BCUT2D eigenvalue weighted by atomic mass is 10.2. The van der Waals surface area contributed by atoms with Crippen molar-refractivity contribution >= 4 is 33.1 Å². The molecule has 3 N–H and O–H groups in total. The van der Waals surface area contributed by atoms with E-state index in [0.717, 1.165) is 16.7 Å². The number of benzene rings is 1. The van der Waals surface area contributed by atoms with Gasteiger partial charge in [-0.25, -0.2) is 4.98 Å². The Balaban J connectivity index is 1.73. The SMILES string of the molecule is Nc1cnc(Nc2cnn(Cc3ccccc3)c2)c(Br)c1. The monoisotopic (exact) mass is 343 g/mol. The molecule has 3 rings (SSSR count). The summed E-state index contributed by atoms with van der Waals surface area (Å²) < 4.78 is 2.70. The summed E-state index contributed by atoms with van der Waals surface area (Å²) in [6, 6.07) is 12.0. The van der Waals surface area contributed by atoms with Crippen molar-refractivity contribution in [2.24, 2.45) is 0 Å². The van der Waals surface area contributed by atoms with Crippen molar-refractivity contribution in [3.8, 4) is 0 Å². The minimum atomic E-state index is 0.618. The predicted octanol–water partition coefficient (Wildman–Crippen LogP) is 3.41. The van der Waals surface area contributed by atoms with Crippen LogP contribution in [0.25, 0.3) is 0 Å². The second-order valence-corrected chi connectivity index (χ2v) is 5.49. The van der Waals surface area contributed by atoms with Crippen LogP contribution < -0.4 is 11.1 Å². The summed E-state index contributed by atoms with van der Waals surface area (Å²) in [5.74, 6) is 0.712. The van der Waals surface area contributed by atoms with Crippen LogP contribution in [0.4, 0.5) is 17.2 Å². The van der Waals surface area contributed by atoms with Crippen LogP contribution in [0.1, 0.15) is 5.56 Å². The van der Waals surface area contributed by atoms with Crippen molar-refractivity contribution in [2.45, 2.75) is 6.54 Å². The highest BCUT2D eigenvalue weighted by atomic mass is 79.9. The molecule has 0 amide bonds. The highest BCUT2D eigenvalue weighted by Gasteiger charge is 2.05. The second-order valence-electron chi connectivity index (χ2n) is 4.64. The number of hydrogen-bond donors (Lipinski definition) is 2. The number of nitrogens with two attached hydrogens (primary N) is 1. The summed E-state index contributed by atoms with van der Waals surface area (Å²) in [6.07, 6.45) is 5.33. The standard InChI is InChI=1S/C15H14BrN5/c16-14-6-12(17)7-18-15(14)20-13-8-19-21(10-13)9-11-4-2-1-3-5-11/h1-8,10H,9,17H2,(H,18,20). The Morgan fingerprint density at radius 2 is 2.00 bits per heavy atom. The number of pyridine rings is 1. The highest BCUT2D eigenvalue weighted by Crippen LogP contribution is 2.25. The maximum absolute atomic E-state index is 5.67. The second kappa shape index (κ2) is 5.97. The van der Waals surface area contributed by atoms with Crippen LogP contribution in [0, 0.1) is 0 Å². The highest BCUT2D eigenvalue weighted by molar-refractivity contribution is 9.10. The number of halogens is 1. The number of nitrogens with one attached hydrogen (secondary N) is 1. The molecular weight excluding hydrogens is 330 g/mol. The Kier molecular flexibility index (Phi) is 3.87. The lowest BCUT2D eigenvalue weighted by Gasteiger charge is -2.05. The molecule has 0 unspecified atom stereocenters. The number of hydrogen-bond acceptors (Lipinski definition) is 4. The van der Waals surface area contributed by atoms with Crippen LogP contribution in [0.5, 0.6) is 0 Å². The number of rotatable bonds is 4. The van der Waals surface area contributed by atoms with Gasteiger partial charge in [-0.15, -0.1) is 0 Å². The van der Waals surface area contributed by atoms with E-state index in [4.69, 9.17) is 5.73 Å². The van der Waals surface area contributed by atoms with Crippen LogP contribution >= 0.6 is 15.9 Å². The Bertz CT molecular complexity index is 739. The molecule has 6 heteroatoms. The number of aromatic nitrogens is 3. The molecule has 0 bridgehead atoms. The lowest BCUT2D eigenvalue weighted by Crippen LogP contribution is -1.99. The molecule has 2 heterocycles. The first-order chi connectivity index (χ1) is 10.2. The third kappa shape index (κ3) is 3.41. The topological polar surface area (TPSA) is 68.8 Å². The number of anilines is 3. The van der Waals surface area contributed by atoms with Gasteiger partial charge in [0.1, 0.15) is 5.82 Å². The predicted molar refractivity (Wildman–Crippen MR) is 87.4 cm³/mol. The van der Waals surface area contributed by atoms with E-state index in [1.807, 2.05) is 35.1 Å².